The fourth-order valence-electron chi connectivity index (χ4n) is 0.825. The number of hydrogen-bond donors (Lipinski definition) is 2. The van der Waals surface area contributed by atoms with Gasteiger partial charge in [-0.2, -0.15) is 0 Å². The molecule has 0 saturated carbocycles. The van der Waals surface area contributed by atoms with Crippen LogP contribution in [0.4, 0.5) is 4.79 Å². The van der Waals surface area contributed by atoms with Crippen LogP contribution in [-0.4, -0.2) is 35.1 Å². The van der Waals surface area contributed by atoms with Crippen LogP contribution < -0.4 is 5.32 Å². The Labute approximate surface area is 94.9 Å². The van der Waals surface area contributed by atoms with Crippen molar-refractivity contribution in [1.29, 1.82) is 0 Å². The van der Waals surface area contributed by atoms with Gasteiger partial charge in [-0.25, -0.2) is 9.59 Å². The fourth-order valence-corrected chi connectivity index (χ4v) is 0.825. The zero-order valence-electron chi connectivity index (χ0n) is 10.3. The first-order chi connectivity index (χ1) is 7.08. The van der Waals surface area contributed by atoms with Gasteiger partial charge in [0, 0.05) is 0 Å². The maximum Gasteiger partial charge on any atom is 0.410 e. The van der Waals surface area contributed by atoms with Crippen molar-refractivity contribution in [2.45, 2.75) is 45.9 Å². The molecule has 0 heterocycles. The van der Waals surface area contributed by atoms with Gasteiger partial charge in [-0.05, 0) is 34.6 Å². The number of ether oxygens (including phenoxy) is 2. The van der Waals surface area contributed by atoms with E-state index in [1.807, 2.05) is 5.32 Å². The molecule has 0 aromatic heterocycles. The topological polar surface area (TPSA) is 84.9 Å². The molecule has 0 aromatic carbocycles. The summed E-state index contributed by atoms with van der Waals surface area (Å²) in [6, 6.07) is 0. The van der Waals surface area contributed by atoms with E-state index in [2.05, 4.69) is 4.74 Å². The maximum absolute atomic E-state index is 11.3. The van der Waals surface area contributed by atoms with Crippen LogP contribution in [0.15, 0.2) is 0 Å². The summed E-state index contributed by atoms with van der Waals surface area (Å²) in [5, 5.41) is 11.6. The number of rotatable bonds is 3. The number of esters is 1. The van der Waals surface area contributed by atoms with E-state index in [1.165, 1.54) is 0 Å². The fraction of sp³-hybridized carbons (Fsp3) is 0.800. The van der Waals surface area contributed by atoms with Crippen LogP contribution in [0.2, 0.25) is 0 Å². The number of carbonyl (C=O) groups excluding carboxylic acids is 2. The third kappa shape index (κ3) is 5.55. The van der Waals surface area contributed by atoms with Gasteiger partial charge in [0.25, 0.3) is 0 Å². The van der Waals surface area contributed by atoms with Crippen LogP contribution in [0.1, 0.15) is 34.6 Å². The first-order valence-corrected chi connectivity index (χ1v) is 4.99. The van der Waals surface area contributed by atoms with Gasteiger partial charge in [-0.15, -0.1) is 0 Å². The lowest BCUT2D eigenvalue weighted by atomic mass is 10.2. The van der Waals surface area contributed by atoms with E-state index in [-0.39, 0.29) is 6.61 Å². The van der Waals surface area contributed by atoms with Crippen LogP contribution in [0.3, 0.4) is 0 Å². The Morgan fingerprint density at radius 2 is 1.75 bits per heavy atom. The summed E-state index contributed by atoms with van der Waals surface area (Å²) in [5.41, 5.74) is -2.78. The molecular weight excluding hydrogens is 214 g/mol. The van der Waals surface area contributed by atoms with Crippen molar-refractivity contribution in [2.75, 3.05) is 6.61 Å². The zero-order chi connectivity index (χ0) is 13.0. The van der Waals surface area contributed by atoms with E-state index in [0.29, 0.717) is 0 Å². The van der Waals surface area contributed by atoms with Crippen LogP contribution in [-0.2, 0) is 14.3 Å². The quantitative estimate of drug-likeness (QED) is 0.556. The Morgan fingerprint density at radius 1 is 1.25 bits per heavy atom. The van der Waals surface area contributed by atoms with Crippen molar-refractivity contribution in [1.82, 2.24) is 5.32 Å². The summed E-state index contributed by atoms with van der Waals surface area (Å²) in [6.07, 6.45) is -0.884. The van der Waals surface area contributed by atoms with Gasteiger partial charge in [-0.3, -0.25) is 5.32 Å². The van der Waals surface area contributed by atoms with Gasteiger partial charge >= 0.3 is 12.1 Å². The molecule has 1 amide bonds. The molecule has 0 bridgehead atoms. The van der Waals surface area contributed by atoms with Gasteiger partial charge in [-0.1, -0.05) is 0 Å². The Kier molecular flexibility index (Phi) is 4.74. The standard InChI is InChI=1S/C10H19NO5/c1-6-15-7(12)10(5,14)11-8(13)16-9(2,3)4/h14H,6H2,1-5H3,(H,11,13). The number of amides is 1. The van der Waals surface area contributed by atoms with Gasteiger partial charge in [0.1, 0.15) is 5.60 Å². The Morgan fingerprint density at radius 3 is 2.12 bits per heavy atom. The van der Waals surface area contributed by atoms with Gasteiger partial charge in [0.2, 0.25) is 5.72 Å². The highest BCUT2D eigenvalue weighted by Crippen LogP contribution is 2.09. The molecule has 1 atom stereocenters. The molecular formula is C10H19NO5. The smallest absolute Gasteiger partial charge is 0.410 e. The lowest BCUT2D eigenvalue weighted by molar-refractivity contribution is -0.166. The molecule has 0 aliphatic rings. The molecule has 6 nitrogen and oxygen atoms in total. The minimum Gasteiger partial charge on any atom is -0.462 e. The van der Waals surface area contributed by atoms with E-state index >= 15 is 0 Å². The third-order valence-electron chi connectivity index (χ3n) is 1.42. The lowest BCUT2D eigenvalue weighted by Crippen LogP contribution is -2.54. The second-order valence-corrected chi connectivity index (χ2v) is 4.42. The number of aliphatic hydroxyl groups is 1. The highest BCUT2D eigenvalue weighted by molar-refractivity contribution is 5.83. The maximum atomic E-state index is 11.3. The summed E-state index contributed by atoms with van der Waals surface area (Å²) in [5.74, 6) is -0.930. The molecule has 0 radical (unpaired) electrons. The number of alkyl carbamates (subject to hydrolysis) is 1. The van der Waals surface area contributed by atoms with Crippen LogP contribution in [0.5, 0.6) is 0 Å². The molecule has 2 N–H and O–H groups in total. The Balaban J connectivity index is 4.36. The average molecular weight is 233 g/mol. The van der Waals surface area contributed by atoms with Crippen molar-refractivity contribution >= 4 is 12.1 Å². The van der Waals surface area contributed by atoms with E-state index in [9.17, 15) is 14.7 Å². The van der Waals surface area contributed by atoms with Crippen molar-refractivity contribution < 1.29 is 24.2 Å². The molecule has 0 aromatic rings. The highest BCUT2D eigenvalue weighted by Gasteiger charge is 2.35. The molecule has 16 heavy (non-hydrogen) atoms. The second-order valence-electron chi connectivity index (χ2n) is 4.42. The molecule has 94 valence electrons. The molecule has 0 fully saturated rings. The predicted octanol–water partition coefficient (Wildman–Crippen LogP) is 0.783. The minimum atomic E-state index is -2.08. The van der Waals surface area contributed by atoms with Crippen molar-refractivity contribution in [3.63, 3.8) is 0 Å². The predicted molar refractivity (Wildman–Crippen MR) is 56.6 cm³/mol. The first kappa shape index (κ1) is 14.7. The monoisotopic (exact) mass is 233 g/mol. The largest absolute Gasteiger partial charge is 0.462 e. The lowest BCUT2D eigenvalue weighted by Gasteiger charge is -2.25. The van der Waals surface area contributed by atoms with Crippen molar-refractivity contribution in [2.24, 2.45) is 0 Å². The molecule has 0 aliphatic heterocycles. The Bertz CT molecular complexity index is 267. The highest BCUT2D eigenvalue weighted by atomic mass is 16.6. The van der Waals surface area contributed by atoms with Gasteiger partial charge in [0.05, 0.1) is 6.61 Å². The van der Waals surface area contributed by atoms with Crippen LogP contribution in [0.25, 0.3) is 0 Å². The minimum absolute atomic E-state index is 0.116. The number of nitrogens with one attached hydrogen (secondary N) is 1. The van der Waals surface area contributed by atoms with E-state index < -0.39 is 23.4 Å². The normalized spacial score (nSPS) is 14.9. The van der Waals surface area contributed by atoms with E-state index in [4.69, 9.17) is 4.74 Å². The van der Waals surface area contributed by atoms with Gasteiger partial charge in [0.15, 0.2) is 0 Å². The van der Waals surface area contributed by atoms with Crippen LogP contribution in [0, 0.1) is 0 Å². The average Bonchev–Trinajstić information content (AvgIpc) is 1.99. The molecule has 0 aliphatic carbocycles. The second kappa shape index (κ2) is 5.16. The summed E-state index contributed by atoms with van der Waals surface area (Å²) in [6.45, 7) is 7.85. The molecule has 1 unspecified atom stereocenters. The summed E-state index contributed by atoms with van der Waals surface area (Å²) < 4.78 is 9.46. The zero-order valence-corrected chi connectivity index (χ0v) is 10.3. The van der Waals surface area contributed by atoms with E-state index in [1.54, 1.807) is 27.7 Å². The third-order valence-corrected chi connectivity index (χ3v) is 1.42. The summed E-state index contributed by atoms with van der Waals surface area (Å²) >= 11 is 0. The number of hydrogen-bond acceptors (Lipinski definition) is 5. The van der Waals surface area contributed by atoms with Gasteiger partial charge < -0.3 is 14.6 Å². The van der Waals surface area contributed by atoms with Crippen LogP contribution >= 0.6 is 0 Å². The van der Waals surface area contributed by atoms with Crippen molar-refractivity contribution in [3.8, 4) is 0 Å². The number of carbonyl (C=O) groups is 2. The SMILES string of the molecule is CCOC(=O)C(C)(O)NC(=O)OC(C)(C)C. The molecule has 0 spiro atoms. The first-order valence-electron chi connectivity index (χ1n) is 4.99. The van der Waals surface area contributed by atoms with Crippen molar-refractivity contribution in [3.05, 3.63) is 0 Å². The summed E-state index contributed by atoms with van der Waals surface area (Å²) in [4.78, 5) is 22.5. The Hall–Kier alpha value is -1.30. The molecule has 0 rings (SSSR count). The summed E-state index contributed by atoms with van der Waals surface area (Å²) in [7, 11) is 0. The van der Waals surface area contributed by atoms with E-state index in [0.717, 1.165) is 6.92 Å². The molecule has 0 saturated heterocycles. The molecule has 6 heteroatoms.